The summed E-state index contributed by atoms with van der Waals surface area (Å²) >= 11 is 0. The first-order valence-electron chi connectivity index (χ1n) is 10.1. The maximum atomic E-state index is 12.7. The molecule has 4 rings (SSSR count). The summed E-state index contributed by atoms with van der Waals surface area (Å²) in [5.41, 5.74) is 0.776. The molecule has 1 aromatic carbocycles. The third-order valence-corrected chi connectivity index (χ3v) is 6.35. The van der Waals surface area contributed by atoms with E-state index >= 15 is 0 Å². The molecule has 3 N–H and O–H groups in total. The van der Waals surface area contributed by atoms with Crippen LogP contribution in [0.15, 0.2) is 18.2 Å². The van der Waals surface area contributed by atoms with Gasteiger partial charge in [-0.3, -0.25) is 4.79 Å². The number of carbonyl (C=O) groups is 1. The van der Waals surface area contributed by atoms with Crippen LogP contribution in [0.2, 0.25) is 0 Å². The first kappa shape index (κ1) is 17.6. The molecule has 0 aromatic heterocycles. The number of ether oxygens (including phenoxy) is 2. The fraction of sp³-hybridized carbons (Fsp3) is 0.650. The highest BCUT2D eigenvalue weighted by atomic mass is 16.7. The van der Waals surface area contributed by atoms with Crippen LogP contribution in [0, 0.1) is 0 Å². The molecule has 3 aliphatic rings. The Morgan fingerprint density at radius 1 is 1.08 bits per heavy atom. The summed E-state index contributed by atoms with van der Waals surface area (Å²) in [5.74, 6) is 1.53. The maximum Gasteiger partial charge on any atom is 0.282 e. The molecule has 2 saturated heterocycles. The highest BCUT2D eigenvalue weighted by molar-refractivity contribution is 5.93. The van der Waals surface area contributed by atoms with Crippen molar-refractivity contribution in [2.75, 3.05) is 38.3 Å². The number of amides is 1. The van der Waals surface area contributed by atoms with Gasteiger partial charge in [-0.1, -0.05) is 0 Å². The highest BCUT2D eigenvalue weighted by Crippen LogP contribution is 2.34. The van der Waals surface area contributed by atoms with E-state index in [1.54, 1.807) is 0 Å². The van der Waals surface area contributed by atoms with E-state index in [9.17, 15) is 4.79 Å². The third-order valence-electron chi connectivity index (χ3n) is 6.35. The second kappa shape index (κ2) is 7.84. The molecule has 1 aromatic rings. The van der Waals surface area contributed by atoms with Crippen LogP contribution in [0.3, 0.4) is 0 Å². The van der Waals surface area contributed by atoms with E-state index in [1.165, 1.54) is 50.1 Å². The van der Waals surface area contributed by atoms with Gasteiger partial charge in [-0.15, -0.1) is 0 Å². The zero-order chi connectivity index (χ0) is 17.9. The average Bonchev–Trinajstić information content (AvgIpc) is 3.16. The van der Waals surface area contributed by atoms with E-state index < -0.39 is 0 Å². The Hall–Kier alpha value is -1.79. The van der Waals surface area contributed by atoms with Gasteiger partial charge in [0.15, 0.2) is 17.5 Å². The Morgan fingerprint density at radius 3 is 2.58 bits per heavy atom. The van der Waals surface area contributed by atoms with E-state index in [0.717, 1.165) is 30.6 Å². The van der Waals surface area contributed by atoms with E-state index in [2.05, 4.69) is 5.32 Å². The molecule has 0 spiro atoms. The second-order valence-electron chi connectivity index (χ2n) is 7.93. The van der Waals surface area contributed by atoms with Crippen molar-refractivity contribution in [3.05, 3.63) is 18.2 Å². The molecular weight excluding hydrogens is 330 g/mol. The van der Waals surface area contributed by atoms with Crippen LogP contribution in [-0.4, -0.2) is 51.0 Å². The van der Waals surface area contributed by atoms with Crippen molar-refractivity contribution in [2.45, 2.75) is 51.1 Å². The summed E-state index contributed by atoms with van der Waals surface area (Å²) in [6, 6.07) is 6.34. The van der Waals surface area contributed by atoms with E-state index in [1.807, 2.05) is 30.0 Å². The Kier molecular flexibility index (Phi) is 5.31. The number of quaternary nitrogens is 2. The lowest BCUT2D eigenvalue weighted by atomic mass is 9.99. The zero-order valence-corrected chi connectivity index (χ0v) is 15.7. The number of piperidine rings is 2. The van der Waals surface area contributed by atoms with E-state index in [4.69, 9.17) is 9.47 Å². The summed E-state index contributed by atoms with van der Waals surface area (Å²) < 4.78 is 10.7. The van der Waals surface area contributed by atoms with Crippen LogP contribution in [0.25, 0.3) is 0 Å². The van der Waals surface area contributed by atoms with Gasteiger partial charge in [-0.2, -0.15) is 0 Å². The fourth-order valence-electron chi connectivity index (χ4n) is 4.65. The van der Waals surface area contributed by atoms with Crippen molar-refractivity contribution in [3.63, 3.8) is 0 Å². The van der Waals surface area contributed by atoms with Crippen molar-refractivity contribution in [3.8, 4) is 11.5 Å². The molecule has 0 bridgehead atoms. The summed E-state index contributed by atoms with van der Waals surface area (Å²) in [6.45, 7) is 7.20. The molecule has 3 heterocycles. The standard InChI is InChI=1S/C20H29N3O3/c1-15(20(24)21-16-5-6-18-19(13-16)26-14-25-18)22-11-7-17(8-12-22)23-9-3-2-4-10-23/h5-6,13,15,17H,2-4,7-12,14H2,1H3,(H,21,24)/p+2/t15-/m0/s1. The van der Waals surface area contributed by atoms with E-state index in [-0.39, 0.29) is 18.7 Å². The number of nitrogens with one attached hydrogen (secondary N) is 3. The van der Waals surface area contributed by atoms with Gasteiger partial charge in [0.25, 0.3) is 5.91 Å². The predicted octanol–water partition coefficient (Wildman–Crippen LogP) is -0.142. The average molecular weight is 361 g/mol. The SMILES string of the molecule is C[C@@H](C(=O)Nc1ccc2c(c1)OCO2)[NH+]1CCC([NH+]2CCCCC2)CC1. The molecule has 6 nitrogen and oxygen atoms in total. The summed E-state index contributed by atoms with van der Waals surface area (Å²) in [7, 11) is 0. The van der Waals surface area contributed by atoms with E-state index in [0.29, 0.717) is 5.75 Å². The quantitative estimate of drug-likeness (QED) is 0.700. The summed E-state index contributed by atoms with van der Waals surface area (Å²) in [6.07, 6.45) is 6.66. The van der Waals surface area contributed by atoms with Crippen molar-refractivity contribution < 1.29 is 24.1 Å². The summed E-state index contributed by atoms with van der Waals surface area (Å²) in [5, 5.41) is 3.04. The summed E-state index contributed by atoms with van der Waals surface area (Å²) in [4.78, 5) is 15.9. The molecule has 1 amide bonds. The van der Waals surface area contributed by atoms with Crippen LogP contribution < -0.4 is 24.6 Å². The normalized spacial score (nSPS) is 27.1. The Labute approximate surface area is 155 Å². The number of hydrogen-bond acceptors (Lipinski definition) is 3. The Morgan fingerprint density at radius 2 is 1.81 bits per heavy atom. The maximum absolute atomic E-state index is 12.7. The largest absolute Gasteiger partial charge is 0.454 e. The number of fused-ring (bicyclic) bond motifs is 1. The second-order valence-corrected chi connectivity index (χ2v) is 7.93. The Bertz CT molecular complexity index is 637. The molecule has 142 valence electrons. The minimum Gasteiger partial charge on any atom is -0.454 e. The van der Waals surface area contributed by atoms with Crippen LogP contribution >= 0.6 is 0 Å². The molecule has 2 fully saturated rings. The first-order chi connectivity index (χ1) is 12.7. The van der Waals surface area contributed by atoms with Crippen LogP contribution in [0.5, 0.6) is 11.5 Å². The number of anilines is 1. The molecule has 6 heteroatoms. The van der Waals surface area contributed by atoms with Gasteiger partial charge in [0, 0.05) is 24.6 Å². The van der Waals surface area contributed by atoms with Gasteiger partial charge in [0.2, 0.25) is 6.79 Å². The number of hydrogen-bond donors (Lipinski definition) is 3. The van der Waals surface area contributed by atoms with Crippen LogP contribution in [0.1, 0.15) is 39.0 Å². The highest BCUT2D eigenvalue weighted by Gasteiger charge is 2.34. The van der Waals surface area contributed by atoms with Crippen molar-refractivity contribution in [1.29, 1.82) is 0 Å². The number of likely N-dealkylation sites (tertiary alicyclic amines) is 2. The molecule has 0 aliphatic carbocycles. The molecule has 0 unspecified atom stereocenters. The fourth-order valence-corrected chi connectivity index (χ4v) is 4.65. The molecular formula is C20H31N3O3+2. The molecule has 3 aliphatic heterocycles. The molecule has 1 atom stereocenters. The van der Waals surface area contributed by atoms with Crippen molar-refractivity contribution in [1.82, 2.24) is 0 Å². The first-order valence-corrected chi connectivity index (χ1v) is 10.1. The van der Waals surface area contributed by atoms with Gasteiger partial charge in [-0.05, 0) is 38.3 Å². The number of benzene rings is 1. The minimum atomic E-state index is -0.0299. The van der Waals surface area contributed by atoms with Gasteiger partial charge in [-0.25, -0.2) is 0 Å². The topological polar surface area (TPSA) is 56.4 Å². The predicted molar refractivity (Wildman–Crippen MR) is 98.9 cm³/mol. The van der Waals surface area contributed by atoms with Gasteiger partial charge < -0.3 is 24.6 Å². The van der Waals surface area contributed by atoms with Crippen LogP contribution in [0.4, 0.5) is 5.69 Å². The van der Waals surface area contributed by atoms with Crippen LogP contribution in [-0.2, 0) is 4.79 Å². The smallest absolute Gasteiger partial charge is 0.282 e. The van der Waals surface area contributed by atoms with Gasteiger partial charge >= 0.3 is 0 Å². The third kappa shape index (κ3) is 3.81. The lowest BCUT2D eigenvalue weighted by Gasteiger charge is -2.37. The van der Waals surface area contributed by atoms with Gasteiger partial charge in [0.05, 0.1) is 32.2 Å². The molecule has 0 saturated carbocycles. The lowest BCUT2D eigenvalue weighted by Crippen LogP contribution is -3.22. The number of rotatable bonds is 4. The van der Waals surface area contributed by atoms with Crippen molar-refractivity contribution in [2.24, 2.45) is 0 Å². The van der Waals surface area contributed by atoms with Crippen molar-refractivity contribution >= 4 is 11.6 Å². The monoisotopic (exact) mass is 361 g/mol. The minimum absolute atomic E-state index is 0.0299. The lowest BCUT2D eigenvalue weighted by molar-refractivity contribution is -0.965. The zero-order valence-electron chi connectivity index (χ0n) is 15.7. The molecule has 26 heavy (non-hydrogen) atoms. The molecule has 0 radical (unpaired) electrons. The Balaban J connectivity index is 1.29. The van der Waals surface area contributed by atoms with Gasteiger partial charge in [0.1, 0.15) is 0 Å². The number of carbonyl (C=O) groups excluding carboxylic acids is 1.